The standard InChI is InChI=1S/C11H23NO2/c1-9(11(2,3)4)12-8-6-7-10(13)14-5/h9,12H,6-8H2,1-5H3. The van der Waals surface area contributed by atoms with E-state index in [1.807, 2.05) is 0 Å². The average Bonchev–Trinajstić information content (AvgIpc) is 2.09. The van der Waals surface area contributed by atoms with Crippen molar-refractivity contribution >= 4 is 5.97 Å². The van der Waals surface area contributed by atoms with Crippen LogP contribution in [0.4, 0.5) is 0 Å². The second-order valence-electron chi connectivity index (χ2n) is 4.72. The van der Waals surface area contributed by atoms with Crippen LogP contribution < -0.4 is 5.32 Å². The van der Waals surface area contributed by atoms with Gasteiger partial charge >= 0.3 is 5.97 Å². The molecule has 3 heteroatoms. The molecule has 1 unspecified atom stereocenters. The van der Waals surface area contributed by atoms with E-state index >= 15 is 0 Å². The van der Waals surface area contributed by atoms with Crippen LogP contribution >= 0.6 is 0 Å². The minimum Gasteiger partial charge on any atom is -0.469 e. The van der Waals surface area contributed by atoms with Gasteiger partial charge in [-0.15, -0.1) is 0 Å². The van der Waals surface area contributed by atoms with Crippen molar-refractivity contribution in [1.82, 2.24) is 5.32 Å². The molecule has 0 radical (unpaired) electrons. The van der Waals surface area contributed by atoms with Gasteiger partial charge in [-0.1, -0.05) is 20.8 Å². The molecule has 14 heavy (non-hydrogen) atoms. The fourth-order valence-electron chi connectivity index (χ4n) is 0.960. The van der Waals surface area contributed by atoms with Crippen molar-refractivity contribution in [3.63, 3.8) is 0 Å². The molecular weight excluding hydrogens is 178 g/mol. The van der Waals surface area contributed by atoms with Crippen molar-refractivity contribution in [2.24, 2.45) is 5.41 Å². The Morgan fingerprint density at radius 3 is 2.43 bits per heavy atom. The van der Waals surface area contributed by atoms with Crippen molar-refractivity contribution in [2.45, 2.75) is 46.6 Å². The Morgan fingerprint density at radius 2 is 2.00 bits per heavy atom. The van der Waals surface area contributed by atoms with Crippen LogP contribution in [0.2, 0.25) is 0 Å². The maximum Gasteiger partial charge on any atom is 0.305 e. The Hall–Kier alpha value is -0.570. The third-order valence-electron chi connectivity index (χ3n) is 2.53. The Morgan fingerprint density at radius 1 is 1.43 bits per heavy atom. The number of ether oxygens (including phenoxy) is 1. The highest BCUT2D eigenvalue weighted by molar-refractivity contribution is 5.69. The van der Waals surface area contributed by atoms with Crippen molar-refractivity contribution in [1.29, 1.82) is 0 Å². The highest BCUT2D eigenvalue weighted by atomic mass is 16.5. The van der Waals surface area contributed by atoms with Crippen LogP contribution in [0.15, 0.2) is 0 Å². The van der Waals surface area contributed by atoms with Gasteiger partial charge in [-0.3, -0.25) is 4.79 Å². The van der Waals surface area contributed by atoms with Crippen LogP contribution in [0, 0.1) is 5.41 Å². The van der Waals surface area contributed by atoms with Crippen molar-refractivity contribution in [3.8, 4) is 0 Å². The molecular formula is C11H23NO2. The summed E-state index contributed by atoms with van der Waals surface area (Å²) in [5.41, 5.74) is 0.269. The Bertz CT molecular complexity index is 173. The minimum atomic E-state index is -0.129. The van der Waals surface area contributed by atoms with Gasteiger partial charge in [-0.2, -0.15) is 0 Å². The predicted molar refractivity (Wildman–Crippen MR) is 58.2 cm³/mol. The zero-order chi connectivity index (χ0) is 11.2. The fourth-order valence-corrected chi connectivity index (χ4v) is 0.960. The number of carbonyl (C=O) groups is 1. The number of esters is 1. The van der Waals surface area contributed by atoms with Gasteiger partial charge in [0, 0.05) is 12.5 Å². The molecule has 0 fully saturated rings. The summed E-state index contributed by atoms with van der Waals surface area (Å²) in [5.74, 6) is -0.129. The summed E-state index contributed by atoms with van der Waals surface area (Å²) >= 11 is 0. The number of rotatable bonds is 5. The number of methoxy groups -OCH3 is 1. The van der Waals surface area contributed by atoms with Crippen LogP contribution in [0.25, 0.3) is 0 Å². The lowest BCUT2D eigenvalue weighted by Crippen LogP contribution is -2.38. The van der Waals surface area contributed by atoms with Gasteiger partial charge in [-0.05, 0) is 25.3 Å². The van der Waals surface area contributed by atoms with Crippen LogP contribution in [0.1, 0.15) is 40.5 Å². The largest absolute Gasteiger partial charge is 0.469 e. The molecule has 0 rings (SSSR count). The lowest BCUT2D eigenvalue weighted by atomic mass is 9.88. The van der Waals surface area contributed by atoms with Gasteiger partial charge in [0.25, 0.3) is 0 Å². The topological polar surface area (TPSA) is 38.3 Å². The fraction of sp³-hybridized carbons (Fsp3) is 0.909. The molecule has 1 atom stereocenters. The lowest BCUT2D eigenvalue weighted by molar-refractivity contribution is -0.140. The van der Waals surface area contributed by atoms with Gasteiger partial charge < -0.3 is 10.1 Å². The molecule has 0 aliphatic rings. The minimum absolute atomic E-state index is 0.129. The van der Waals surface area contributed by atoms with E-state index in [4.69, 9.17) is 0 Å². The van der Waals surface area contributed by atoms with E-state index in [0.29, 0.717) is 12.5 Å². The van der Waals surface area contributed by atoms with E-state index in [1.54, 1.807) is 0 Å². The van der Waals surface area contributed by atoms with Gasteiger partial charge in [0.1, 0.15) is 0 Å². The van der Waals surface area contributed by atoms with Gasteiger partial charge in [0.15, 0.2) is 0 Å². The molecule has 0 aliphatic carbocycles. The van der Waals surface area contributed by atoms with Crippen molar-refractivity contribution in [2.75, 3.05) is 13.7 Å². The van der Waals surface area contributed by atoms with Crippen molar-refractivity contribution < 1.29 is 9.53 Å². The Kier molecular flexibility index (Phi) is 5.77. The summed E-state index contributed by atoms with van der Waals surface area (Å²) in [6.07, 6.45) is 1.34. The molecule has 0 amide bonds. The monoisotopic (exact) mass is 201 g/mol. The third kappa shape index (κ3) is 5.97. The zero-order valence-electron chi connectivity index (χ0n) is 10.0. The molecule has 0 aromatic heterocycles. The molecule has 0 saturated carbocycles. The zero-order valence-corrected chi connectivity index (χ0v) is 10.0. The molecule has 0 aromatic carbocycles. The Balaban J connectivity index is 3.50. The van der Waals surface area contributed by atoms with Crippen molar-refractivity contribution in [3.05, 3.63) is 0 Å². The predicted octanol–water partition coefficient (Wildman–Crippen LogP) is 1.96. The third-order valence-corrected chi connectivity index (χ3v) is 2.53. The second-order valence-corrected chi connectivity index (χ2v) is 4.72. The summed E-state index contributed by atoms with van der Waals surface area (Å²) in [7, 11) is 1.42. The van der Waals surface area contributed by atoms with E-state index in [2.05, 4.69) is 37.7 Å². The van der Waals surface area contributed by atoms with E-state index in [0.717, 1.165) is 13.0 Å². The first-order valence-electron chi connectivity index (χ1n) is 5.18. The smallest absolute Gasteiger partial charge is 0.305 e. The molecule has 0 heterocycles. The summed E-state index contributed by atoms with van der Waals surface area (Å²) < 4.78 is 4.56. The van der Waals surface area contributed by atoms with Gasteiger partial charge in [0.05, 0.1) is 7.11 Å². The lowest BCUT2D eigenvalue weighted by Gasteiger charge is -2.28. The normalized spacial score (nSPS) is 13.8. The summed E-state index contributed by atoms with van der Waals surface area (Å²) in [6.45, 7) is 9.63. The van der Waals surface area contributed by atoms with E-state index in [9.17, 15) is 4.79 Å². The highest BCUT2D eigenvalue weighted by Crippen LogP contribution is 2.18. The number of hydrogen-bond acceptors (Lipinski definition) is 3. The average molecular weight is 201 g/mol. The van der Waals surface area contributed by atoms with Crippen LogP contribution in [-0.4, -0.2) is 25.7 Å². The van der Waals surface area contributed by atoms with E-state index in [-0.39, 0.29) is 11.4 Å². The maximum atomic E-state index is 10.8. The Labute approximate surface area is 87.2 Å². The maximum absolute atomic E-state index is 10.8. The van der Waals surface area contributed by atoms with Crippen LogP contribution in [0.3, 0.4) is 0 Å². The number of nitrogens with one attached hydrogen (secondary N) is 1. The first-order valence-corrected chi connectivity index (χ1v) is 5.18. The van der Waals surface area contributed by atoms with E-state index in [1.165, 1.54) is 7.11 Å². The number of carbonyl (C=O) groups excluding carboxylic acids is 1. The summed E-state index contributed by atoms with van der Waals surface area (Å²) in [6, 6.07) is 0.458. The molecule has 84 valence electrons. The summed E-state index contributed by atoms with van der Waals surface area (Å²) in [5, 5.41) is 3.39. The molecule has 0 bridgehead atoms. The molecule has 0 aliphatic heterocycles. The second kappa shape index (κ2) is 6.02. The molecule has 0 saturated heterocycles. The molecule has 3 nitrogen and oxygen atoms in total. The van der Waals surface area contributed by atoms with Gasteiger partial charge in [-0.25, -0.2) is 0 Å². The SMILES string of the molecule is COC(=O)CCCNC(C)C(C)(C)C. The number of hydrogen-bond donors (Lipinski definition) is 1. The molecule has 0 spiro atoms. The van der Waals surface area contributed by atoms with Gasteiger partial charge in [0.2, 0.25) is 0 Å². The van der Waals surface area contributed by atoms with Crippen LogP contribution in [-0.2, 0) is 9.53 Å². The first-order chi connectivity index (χ1) is 6.38. The van der Waals surface area contributed by atoms with Crippen LogP contribution in [0.5, 0.6) is 0 Å². The molecule has 1 N–H and O–H groups in total. The summed E-state index contributed by atoms with van der Waals surface area (Å²) in [4.78, 5) is 10.8. The first kappa shape index (κ1) is 13.4. The quantitative estimate of drug-likeness (QED) is 0.546. The molecule has 0 aromatic rings. The van der Waals surface area contributed by atoms with E-state index < -0.39 is 0 Å². The highest BCUT2D eigenvalue weighted by Gasteiger charge is 2.18.